The van der Waals surface area contributed by atoms with Gasteiger partial charge in [-0.3, -0.25) is 0 Å². The largest absolute Gasteiger partial charge is 0.374 e. The molecule has 5 atom stereocenters. The second-order valence-corrected chi connectivity index (χ2v) is 10.3. The van der Waals surface area contributed by atoms with E-state index in [0.717, 1.165) is 22.3 Å². The summed E-state index contributed by atoms with van der Waals surface area (Å²) in [5, 5.41) is 0. The van der Waals surface area contributed by atoms with Crippen LogP contribution in [0.1, 0.15) is 22.3 Å². The minimum absolute atomic E-state index is 0.0639. The highest BCUT2D eigenvalue weighted by Crippen LogP contribution is 2.31. The molecule has 0 radical (unpaired) electrons. The molecule has 1 aliphatic heterocycles. The van der Waals surface area contributed by atoms with E-state index in [1.54, 1.807) is 0 Å². The second kappa shape index (κ2) is 16.7. The molecule has 6 heteroatoms. The van der Waals surface area contributed by atoms with Crippen LogP contribution >= 0.6 is 0 Å². The molecule has 4 aromatic rings. The number of terminal acetylenes is 1. The van der Waals surface area contributed by atoms with Crippen LogP contribution in [0.3, 0.4) is 0 Å². The third-order valence-corrected chi connectivity index (χ3v) is 7.17. The highest BCUT2D eigenvalue weighted by atomic mass is 16.7. The molecule has 1 saturated heterocycles. The third kappa shape index (κ3) is 9.34. The van der Waals surface area contributed by atoms with Crippen molar-refractivity contribution in [3.8, 4) is 12.3 Å². The fourth-order valence-electron chi connectivity index (χ4n) is 5.01. The first kappa shape index (κ1) is 30.7. The second-order valence-electron chi connectivity index (χ2n) is 10.3. The Hall–Kier alpha value is -3.80. The predicted octanol–water partition coefficient (Wildman–Crippen LogP) is 6.33. The molecule has 0 N–H and O–H groups in total. The summed E-state index contributed by atoms with van der Waals surface area (Å²) in [5.74, 6) is 2.56. The zero-order valence-corrected chi connectivity index (χ0v) is 24.2. The molecular formula is C37H38O6. The third-order valence-electron chi connectivity index (χ3n) is 7.17. The Kier molecular flexibility index (Phi) is 11.9. The Morgan fingerprint density at radius 1 is 0.512 bits per heavy atom. The Morgan fingerprint density at radius 2 is 0.930 bits per heavy atom. The van der Waals surface area contributed by atoms with Gasteiger partial charge in [-0.05, 0) is 22.3 Å². The quantitative estimate of drug-likeness (QED) is 0.154. The van der Waals surface area contributed by atoms with E-state index in [-0.39, 0.29) is 13.2 Å². The fourth-order valence-corrected chi connectivity index (χ4v) is 5.01. The Morgan fingerprint density at radius 3 is 1.40 bits per heavy atom. The molecule has 0 aromatic heterocycles. The number of hydrogen-bond acceptors (Lipinski definition) is 6. The summed E-state index contributed by atoms with van der Waals surface area (Å²) in [6.07, 6.45) is 2.61. The van der Waals surface area contributed by atoms with Crippen molar-refractivity contribution in [2.75, 3.05) is 13.2 Å². The molecule has 5 unspecified atom stereocenters. The first-order chi connectivity index (χ1) is 21.3. The maximum Gasteiger partial charge on any atom is 0.188 e. The van der Waals surface area contributed by atoms with Crippen LogP contribution in [0.25, 0.3) is 0 Å². The van der Waals surface area contributed by atoms with Crippen molar-refractivity contribution >= 4 is 0 Å². The number of rotatable bonds is 15. The van der Waals surface area contributed by atoms with E-state index in [2.05, 4.69) is 5.92 Å². The van der Waals surface area contributed by atoms with Gasteiger partial charge in [-0.25, -0.2) is 0 Å². The molecule has 43 heavy (non-hydrogen) atoms. The zero-order chi connectivity index (χ0) is 29.5. The monoisotopic (exact) mass is 578 g/mol. The minimum atomic E-state index is -0.789. The van der Waals surface area contributed by atoms with Crippen LogP contribution in [0.4, 0.5) is 0 Å². The summed E-state index contributed by atoms with van der Waals surface area (Å²) in [4.78, 5) is 0. The minimum Gasteiger partial charge on any atom is -0.374 e. The Balaban J connectivity index is 1.41. The van der Waals surface area contributed by atoms with Gasteiger partial charge in [-0.1, -0.05) is 127 Å². The first-order valence-electron chi connectivity index (χ1n) is 14.6. The van der Waals surface area contributed by atoms with E-state index >= 15 is 0 Å². The van der Waals surface area contributed by atoms with Crippen molar-refractivity contribution < 1.29 is 28.4 Å². The summed E-state index contributed by atoms with van der Waals surface area (Å²) < 4.78 is 38.6. The molecule has 1 heterocycles. The van der Waals surface area contributed by atoms with Crippen LogP contribution in [0.2, 0.25) is 0 Å². The van der Waals surface area contributed by atoms with Gasteiger partial charge in [0, 0.05) is 0 Å². The molecule has 4 aromatic carbocycles. The number of hydrogen-bond donors (Lipinski definition) is 0. The van der Waals surface area contributed by atoms with Gasteiger partial charge < -0.3 is 28.4 Å². The molecule has 5 rings (SSSR count). The lowest BCUT2D eigenvalue weighted by atomic mass is 9.97. The van der Waals surface area contributed by atoms with Crippen molar-refractivity contribution in [1.29, 1.82) is 0 Å². The van der Waals surface area contributed by atoms with Gasteiger partial charge >= 0.3 is 0 Å². The van der Waals surface area contributed by atoms with Crippen molar-refractivity contribution in [2.24, 2.45) is 0 Å². The standard InChI is InChI=1S/C37H38O6/c1-2-23-39-37-36(42-27-32-21-13-6-14-22-32)35(41-26-31-19-11-5-12-20-31)34(40-25-30-17-9-4-10-18-30)33(43-37)28-38-24-29-15-7-3-8-16-29/h1,3-22,33-37H,23-28H2. The van der Waals surface area contributed by atoms with Crippen LogP contribution in [0.5, 0.6) is 0 Å². The lowest BCUT2D eigenvalue weighted by Gasteiger charge is -2.45. The molecular weight excluding hydrogens is 540 g/mol. The van der Waals surface area contributed by atoms with E-state index in [1.165, 1.54) is 0 Å². The van der Waals surface area contributed by atoms with Crippen LogP contribution in [0, 0.1) is 12.3 Å². The van der Waals surface area contributed by atoms with Crippen LogP contribution in [-0.2, 0) is 54.8 Å². The van der Waals surface area contributed by atoms with Gasteiger partial charge in [-0.2, -0.15) is 0 Å². The molecule has 1 aliphatic rings. The van der Waals surface area contributed by atoms with Crippen LogP contribution < -0.4 is 0 Å². The predicted molar refractivity (Wildman–Crippen MR) is 165 cm³/mol. The highest BCUT2D eigenvalue weighted by Gasteiger charge is 2.49. The fraction of sp³-hybridized carbons (Fsp3) is 0.297. The first-order valence-corrected chi connectivity index (χ1v) is 14.6. The van der Waals surface area contributed by atoms with Gasteiger partial charge in [0.15, 0.2) is 6.29 Å². The van der Waals surface area contributed by atoms with Crippen LogP contribution in [-0.4, -0.2) is 43.9 Å². The van der Waals surface area contributed by atoms with Crippen molar-refractivity contribution in [3.05, 3.63) is 144 Å². The van der Waals surface area contributed by atoms with E-state index in [4.69, 9.17) is 34.8 Å². The van der Waals surface area contributed by atoms with Crippen molar-refractivity contribution in [1.82, 2.24) is 0 Å². The average molecular weight is 579 g/mol. The molecule has 0 saturated carbocycles. The molecule has 0 spiro atoms. The molecule has 0 amide bonds. The summed E-state index contributed by atoms with van der Waals surface area (Å²) in [7, 11) is 0. The lowest BCUT2D eigenvalue weighted by Crippen LogP contribution is -2.61. The molecule has 1 fully saturated rings. The lowest BCUT2D eigenvalue weighted by molar-refractivity contribution is -0.326. The number of ether oxygens (including phenoxy) is 6. The topological polar surface area (TPSA) is 55.4 Å². The molecule has 0 bridgehead atoms. The Labute approximate surface area is 254 Å². The average Bonchev–Trinajstić information content (AvgIpc) is 3.07. The van der Waals surface area contributed by atoms with E-state index < -0.39 is 30.7 Å². The SMILES string of the molecule is C#CCOC1OC(COCc2ccccc2)C(OCc2ccccc2)C(OCc2ccccc2)C1OCc1ccccc1. The van der Waals surface area contributed by atoms with Crippen LogP contribution in [0.15, 0.2) is 121 Å². The van der Waals surface area contributed by atoms with Crippen molar-refractivity contribution in [3.63, 3.8) is 0 Å². The maximum atomic E-state index is 6.66. The van der Waals surface area contributed by atoms with Crippen molar-refractivity contribution in [2.45, 2.75) is 57.1 Å². The number of benzene rings is 4. The maximum absolute atomic E-state index is 6.66. The summed E-state index contributed by atoms with van der Waals surface area (Å²) in [5.41, 5.74) is 4.17. The van der Waals surface area contributed by atoms with Gasteiger partial charge in [0.2, 0.25) is 0 Å². The van der Waals surface area contributed by atoms with Gasteiger partial charge in [-0.15, -0.1) is 6.42 Å². The highest BCUT2D eigenvalue weighted by molar-refractivity contribution is 5.16. The normalized spacial score (nSPS) is 21.7. The van der Waals surface area contributed by atoms with Gasteiger partial charge in [0.25, 0.3) is 0 Å². The van der Waals surface area contributed by atoms with E-state index in [0.29, 0.717) is 26.4 Å². The zero-order valence-electron chi connectivity index (χ0n) is 24.2. The Bertz CT molecular complexity index is 1360. The molecule has 0 aliphatic carbocycles. The van der Waals surface area contributed by atoms with Gasteiger partial charge in [0.1, 0.15) is 31.0 Å². The van der Waals surface area contributed by atoms with Gasteiger partial charge in [0.05, 0.1) is 33.0 Å². The van der Waals surface area contributed by atoms with E-state index in [1.807, 2.05) is 121 Å². The van der Waals surface area contributed by atoms with E-state index in [9.17, 15) is 0 Å². The summed E-state index contributed by atoms with van der Waals surface area (Å²) in [6.45, 7) is 1.84. The smallest absolute Gasteiger partial charge is 0.188 e. The molecule has 6 nitrogen and oxygen atoms in total. The summed E-state index contributed by atoms with van der Waals surface area (Å²) in [6, 6.07) is 40.1. The molecule has 222 valence electrons. The summed E-state index contributed by atoms with van der Waals surface area (Å²) >= 11 is 0.